The molecule has 0 saturated heterocycles. The molecule has 1 aromatic heterocycles. The van der Waals surface area contributed by atoms with Crippen LogP contribution >= 0.6 is 11.6 Å². The van der Waals surface area contributed by atoms with Gasteiger partial charge in [-0.25, -0.2) is 0 Å². The van der Waals surface area contributed by atoms with Crippen LogP contribution in [0.4, 0.5) is 11.4 Å². The van der Waals surface area contributed by atoms with Crippen LogP contribution in [0.3, 0.4) is 0 Å². The number of nitrogens with one attached hydrogen (secondary N) is 2. The van der Waals surface area contributed by atoms with E-state index in [0.29, 0.717) is 16.3 Å². The third kappa shape index (κ3) is 4.09. The lowest BCUT2D eigenvalue weighted by Crippen LogP contribution is -2.16. The highest BCUT2D eigenvalue weighted by molar-refractivity contribution is 6.30. The van der Waals surface area contributed by atoms with Gasteiger partial charge in [0.15, 0.2) is 0 Å². The Morgan fingerprint density at radius 1 is 1.12 bits per heavy atom. The fraction of sp³-hybridized carbons (Fsp3) is 0.200. The molecule has 5 heteroatoms. The number of halogens is 1. The number of pyridine rings is 1. The maximum atomic E-state index is 12.8. The molecule has 3 aromatic rings. The number of rotatable bonds is 6. The number of hydrogen-bond donors (Lipinski definition) is 2. The number of nitrogens with zero attached hydrogens (tertiary/aromatic N) is 1. The quantitative estimate of drug-likeness (QED) is 0.587. The van der Waals surface area contributed by atoms with Crippen molar-refractivity contribution in [3.8, 4) is 0 Å². The van der Waals surface area contributed by atoms with E-state index < -0.39 is 0 Å². The van der Waals surface area contributed by atoms with Crippen molar-refractivity contribution in [2.45, 2.75) is 19.8 Å². The van der Waals surface area contributed by atoms with Crippen molar-refractivity contribution in [1.29, 1.82) is 0 Å². The van der Waals surface area contributed by atoms with E-state index in [-0.39, 0.29) is 5.91 Å². The van der Waals surface area contributed by atoms with Gasteiger partial charge in [-0.05, 0) is 36.8 Å². The van der Waals surface area contributed by atoms with Crippen molar-refractivity contribution in [3.05, 3.63) is 65.3 Å². The first-order chi connectivity index (χ1) is 12.2. The van der Waals surface area contributed by atoms with Gasteiger partial charge < -0.3 is 10.6 Å². The molecule has 0 spiro atoms. The van der Waals surface area contributed by atoms with Gasteiger partial charge in [-0.2, -0.15) is 0 Å². The third-order valence-electron chi connectivity index (χ3n) is 3.95. The lowest BCUT2D eigenvalue weighted by Gasteiger charge is -2.14. The number of fused-ring (bicyclic) bond motifs is 1. The second-order valence-electron chi connectivity index (χ2n) is 5.81. The Bertz CT molecular complexity index is 878. The molecule has 0 atom stereocenters. The average molecular weight is 354 g/mol. The zero-order chi connectivity index (χ0) is 17.6. The molecule has 0 radical (unpaired) electrons. The summed E-state index contributed by atoms with van der Waals surface area (Å²) in [5, 5.41) is 7.89. The Hall–Kier alpha value is -2.59. The molecule has 4 nitrogen and oxygen atoms in total. The number of amides is 1. The van der Waals surface area contributed by atoms with Crippen molar-refractivity contribution >= 4 is 39.8 Å². The number of carbonyl (C=O) groups excluding carboxylic acids is 1. The lowest BCUT2D eigenvalue weighted by molar-refractivity contribution is 0.102. The van der Waals surface area contributed by atoms with Crippen molar-refractivity contribution in [1.82, 2.24) is 4.98 Å². The highest BCUT2D eigenvalue weighted by Gasteiger charge is 2.15. The van der Waals surface area contributed by atoms with Crippen LogP contribution in [0.5, 0.6) is 0 Å². The van der Waals surface area contributed by atoms with Crippen molar-refractivity contribution in [3.63, 3.8) is 0 Å². The summed E-state index contributed by atoms with van der Waals surface area (Å²) in [7, 11) is 0. The minimum absolute atomic E-state index is 0.195. The Kier molecular flexibility index (Phi) is 5.51. The fourth-order valence-corrected chi connectivity index (χ4v) is 2.75. The van der Waals surface area contributed by atoms with E-state index >= 15 is 0 Å². The predicted molar refractivity (Wildman–Crippen MR) is 105 cm³/mol. The van der Waals surface area contributed by atoms with Gasteiger partial charge in [0.2, 0.25) is 0 Å². The molecule has 1 amide bonds. The Balaban J connectivity index is 1.94. The topological polar surface area (TPSA) is 54.0 Å². The number of anilines is 2. The van der Waals surface area contributed by atoms with Crippen LogP contribution in [0.25, 0.3) is 10.9 Å². The summed E-state index contributed by atoms with van der Waals surface area (Å²) >= 11 is 5.89. The van der Waals surface area contributed by atoms with E-state index in [1.807, 2.05) is 24.3 Å². The van der Waals surface area contributed by atoms with Crippen LogP contribution in [0.15, 0.2) is 54.7 Å². The van der Waals surface area contributed by atoms with Crippen LogP contribution < -0.4 is 10.6 Å². The molecular formula is C20H20ClN3O. The van der Waals surface area contributed by atoms with E-state index in [1.54, 1.807) is 30.5 Å². The minimum atomic E-state index is -0.195. The summed E-state index contributed by atoms with van der Waals surface area (Å²) in [4.78, 5) is 17.2. The molecule has 3 rings (SSSR count). The number of carbonyl (C=O) groups is 1. The molecule has 0 bridgehead atoms. The second kappa shape index (κ2) is 7.99. The van der Waals surface area contributed by atoms with Gasteiger partial charge in [0.1, 0.15) is 0 Å². The fourth-order valence-electron chi connectivity index (χ4n) is 2.63. The van der Waals surface area contributed by atoms with Gasteiger partial charge in [0.05, 0.1) is 16.8 Å². The van der Waals surface area contributed by atoms with Crippen molar-refractivity contribution < 1.29 is 4.79 Å². The van der Waals surface area contributed by atoms with E-state index in [4.69, 9.17) is 11.6 Å². The molecule has 0 fully saturated rings. The number of para-hydroxylation sites is 1. The van der Waals surface area contributed by atoms with E-state index in [2.05, 4.69) is 22.5 Å². The molecule has 1 heterocycles. The molecule has 128 valence electrons. The zero-order valence-corrected chi connectivity index (χ0v) is 14.8. The molecule has 0 aliphatic rings. The maximum absolute atomic E-state index is 12.8. The van der Waals surface area contributed by atoms with Crippen LogP contribution in [0.2, 0.25) is 5.02 Å². The largest absolute Gasteiger partial charge is 0.384 e. The third-order valence-corrected chi connectivity index (χ3v) is 4.21. The second-order valence-corrected chi connectivity index (χ2v) is 6.24. The van der Waals surface area contributed by atoms with E-state index in [0.717, 1.165) is 36.0 Å². The summed E-state index contributed by atoms with van der Waals surface area (Å²) in [6, 6.07) is 14.9. The van der Waals surface area contributed by atoms with Gasteiger partial charge in [0, 0.05) is 28.8 Å². The van der Waals surface area contributed by atoms with Gasteiger partial charge in [-0.15, -0.1) is 0 Å². The van der Waals surface area contributed by atoms with E-state index in [1.165, 1.54) is 0 Å². The van der Waals surface area contributed by atoms with Crippen LogP contribution in [-0.4, -0.2) is 17.4 Å². The van der Waals surface area contributed by atoms with Crippen molar-refractivity contribution in [2.24, 2.45) is 0 Å². The van der Waals surface area contributed by atoms with Crippen LogP contribution in [0.1, 0.15) is 30.1 Å². The molecule has 0 aliphatic carbocycles. The first kappa shape index (κ1) is 17.2. The Morgan fingerprint density at radius 3 is 2.64 bits per heavy atom. The first-order valence-electron chi connectivity index (χ1n) is 8.37. The number of unbranched alkanes of at least 4 members (excludes halogenated alkanes) is 1. The molecule has 2 aromatic carbocycles. The smallest absolute Gasteiger partial charge is 0.259 e. The molecule has 2 N–H and O–H groups in total. The lowest BCUT2D eigenvalue weighted by atomic mass is 10.1. The monoisotopic (exact) mass is 353 g/mol. The highest BCUT2D eigenvalue weighted by atomic mass is 35.5. The Morgan fingerprint density at radius 2 is 1.88 bits per heavy atom. The molecule has 0 saturated carbocycles. The molecule has 0 unspecified atom stereocenters. The molecule has 25 heavy (non-hydrogen) atoms. The summed E-state index contributed by atoms with van der Waals surface area (Å²) in [6.45, 7) is 2.95. The van der Waals surface area contributed by atoms with Gasteiger partial charge >= 0.3 is 0 Å². The van der Waals surface area contributed by atoms with E-state index in [9.17, 15) is 4.79 Å². The summed E-state index contributed by atoms with van der Waals surface area (Å²) in [5.41, 5.74) is 2.92. The number of aromatic nitrogens is 1. The maximum Gasteiger partial charge on any atom is 0.259 e. The number of hydrogen-bond acceptors (Lipinski definition) is 3. The molecular weight excluding hydrogens is 334 g/mol. The summed E-state index contributed by atoms with van der Waals surface area (Å²) in [6.07, 6.45) is 3.75. The predicted octanol–water partition coefficient (Wildman–Crippen LogP) is 5.35. The standard InChI is InChI=1S/C20H20ClN3O/c1-2-3-12-22-19-16-6-4-5-7-18(16)23-13-17(19)20(25)24-15-10-8-14(21)9-11-15/h4-11,13H,2-3,12H2,1H3,(H,22,23)(H,24,25). The van der Waals surface area contributed by atoms with Gasteiger partial charge in [-0.1, -0.05) is 43.1 Å². The SMILES string of the molecule is CCCCNc1c(C(=O)Nc2ccc(Cl)cc2)cnc2ccccc12. The number of benzene rings is 2. The van der Waals surface area contributed by atoms with Crippen molar-refractivity contribution in [2.75, 3.05) is 17.2 Å². The minimum Gasteiger partial charge on any atom is -0.384 e. The average Bonchev–Trinajstić information content (AvgIpc) is 2.63. The zero-order valence-electron chi connectivity index (χ0n) is 14.1. The highest BCUT2D eigenvalue weighted by Crippen LogP contribution is 2.27. The Labute approximate surface area is 152 Å². The first-order valence-corrected chi connectivity index (χ1v) is 8.75. The normalized spacial score (nSPS) is 10.6. The van der Waals surface area contributed by atoms with Crippen LogP contribution in [0, 0.1) is 0 Å². The van der Waals surface area contributed by atoms with Crippen LogP contribution in [-0.2, 0) is 0 Å². The molecule has 0 aliphatic heterocycles. The van der Waals surface area contributed by atoms with Gasteiger partial charge in [-0.3, -0.25) is 9.78 Å². The van der Waals surface area contributed by atoms with Gasteiger partial charge in [0.25, 0.3) is 5.91 Å². The summed E-state index contributed by atoms with van der Waals surface area (Å²) < 4.78 is 0. The summed E-state index contributed by atoms with van der Waals surface area (Å²) in [5.74, 6) is -0.195.